The van der Waals surface area contributed by atoms with E-state index in [9.17, 15) is 19.8 Å². The van der Waals surface area contributed by atoms with Crippen LogP contribution in [0.25, 0.3) is 0 Å². The van der Waals surface area contributed by atoms with Crippen LogP contribution in [0, 0.1) is 0 Å². The number of rotatable bonds is 6. The number of carboxylic acid groups (broad SMARTS) is 2. The van der Waals surface area contributed by atoms with Gasteiger partial charge in [0.1, 0.15) is 23.7 Å². The second-order valence-electron chi connectivity index (χ2n) is 3.63. The Morgan fingerprint density at radius 1 is 0.850 bits per heavy atom. The average Bonchev–Trinajstić information content (AvgIpc) is 2.31. The van der Waals surface area contributed by atoms with Gasteiger partial charge in [0.15, 0.2) is 0 Å². The molecule has 8 heteroatoms. The molecule has 2 unspecified atom stereocenters. The summed E-state index contributed by atoms with van der Waals surface area (Å²) in [6, 6.07) is 5.88. The fourth-order valence-corrected chi connectivity index (χ4v) is 1.10. The number of aliphatic carboxylic acids is 2. The van der Waals surface area contributed by atoms with Crippen LogP contribution >= 0.6 is 0 Å². The molecule has 6 nitrogen and oxygen atoms in total. The first kappa shape index (κ1) is 22.0. The van der Waals surface area contributed by atoms with Gasteiger partial charge in [-0.1, -0.05) is 0 Å². The molecule has 0 bridgehead atoms. The van der Waals surface area contributed by atoms with Gasteiger partial charge in [-0.3, -0.25) is 0 Å². The first-order valence-corrected chi connectivity index (χ1v) is 5.25. The van der Waals surface area contributed by atoms with E-state index in [1.807, 2.05) is 0 Å². The molecular formula is C12H12Na2O6. The number of ether oxygens (including phenoxy) is 2. The first-order valence-electron chi connectivity index (χ1n) is 5.25. The molecule has 1 rings (SSSR count). The van der Waals surface area contributed by atoms with Gasteiger partial charge >= 0.3 is 59.1 Å². The summed E-state index contributed by atoms with van der Waals surface area (Å²) >= 11 is 0. The minimum atomic E-state index is -1.32. The van der Waals surface area contributed by atoms with Crippen molar-refractivity contribution in [3.8, 4) is 11.5 Å². The second-order valence-corrected chi connectivity index (χ2v) is 3.63. The van der Waals surface area contributed by atoms with Gasteiger partial charge in [-0.25, -0.2) is 0 Å². The average molecular weight is 298 g/mol. The second kappa shape index (κ2) is 10.5. The van der Waals surface area contributed by atoms with Crippen LogP contribution in [0.1, 0.15) is 13.8 Å². The first-order chi connectivity index (χ1) is 8.40. The molecule has 0 aromatic heterocycles. The fraction of sp³-hybridized carbons (Fsp3) is 0.333. The summed E-state index contributed by atoms with van der Waals surface area (Å²) in [6.07, 6.45) is -2.14. The number of benzene rings is 1. The van der Waals surface area contributed by atoms with Crippen LogP contribution < -0.4 is 78.8 Å². The zero-order valence-electron chi connectivity index (χ0n) is 11.9. The smallest absolute Gasteiger partial charge is 0.546 e. The molecule has 0 aliphatic heterocycles. The maximum Gasteiger partial charge on any atom is 1.00 e. The summed E-state index contributed by atoms with van der Waals surface area (Å²) in [5.41, 5.74) is 0. The number of carbonyl (C=O) groups is 2. The van der Waals surface area contributed by atoms with Crippen molar-refractivity contribution in [2.45, 2.75) is 26.1 Å². The number of carboxylic acids is 2. The zero-order valence-corrected chi connectivity index (χ0v) is 15.9. The third-order valence-corrected chi connectivity index (χ3v) is 2.11. The molecule has 0 aliphatic carbocycles. The van der Waals surface area contributed by atoms with Crippen molar-refractivity contribution < 1.29 is 88.4 Å². The summed E-state index contributed by atoms with van der Waals surface area (Å²) in [7, 11) is 0. The van der Waals surface area contributed by atoms with Crippen molar-refractivity contribution in [3.63, 3.8) is 0 Å². The Hall–Kier alpha value is -0.240. The van der Waals surface area contributed by atoms with Gasteiger partial charge in [-0.2, -0.15) is 0 Å². The van der Waals surface area contributed by atoms with Gasteiger partial charge in [-0.05, 0) is 38.1 Å². The van der Waals surface area contributed by atoms with Crippen LogP contribution in [0.3, 0.4) is 0 Å². The van der Waals surface area contributed by atoms with Gasteiger partial charge in [0.25, 0.3) is 0 Å². The van der Waals surface area contributed by atoms with Gasteiger partial charge in [0, 0.05) is 0 Å². The molecule has 20 heavy (non-hydrogen) atoms. The number of carbonyl (C=O) groups excluding carboxylic acids is 2. The molecule has 0 radical (unpaired) electrons. The van der Waals surface area contributed by atoms with E-state index in [-0.39, 0.29) is 59.1 Å². The minimum absolute atomic E-state index is 0. The summed E-state index contributed by atoms with van der Waals surface area (Å²) in [6.45, 7) is 2.69. The molecule has 0 aliphatic rings. The molecule has 98 valence electrons. The van der Waals surface area contributed by atoms with Crippen LogP contribution in [-0.4, -0.2) is 24.1 Å². The molecule has 0 saturated carbocycles. The summed E-state index contributed by atoms with van der Waals surface area (Å²) in [5.74, 6) is -2.00. The molecule has 0 fully saturated rings. The van der Waals surface area contributed by atoms with E-state index < -0.39 is 24.1 Å². The third kappa shape index (κ3) is 7.52. The van der Waals surface area contributed by atoms with E-state index in [1.54, 1.807) is 0 Å². The summed E-state index contributed by atoms with van der Waals surface area (Å²) in [5, 5.41) is 20.9. The van der Waals surface area contributed by atoms with Crippen LogP contribution in [0.2, 0.25) is 0 Å². The maximum atomic E-state index is 10.5. The molecule has 0 amide bonds. The summed E-state index contributed by atoms with van der Waals surface area (Å²) < 4.78 is 10.1. The molecular weight excluding hydrogens is 286 g/mol. The minimum Gasteiger partial charge on any atom is -0.546 e. The Labute approximate surface area is 161 Å². The Morgan fingerprint density at radius 3 is 1.30 bits per heavy atom. The molecule has 0 N–H and O–H groups in total. The van der Waals surface area contributed by atoms with Crippen molar-refractivity contribution in [2.24, 2.45) is 0 Å². The third-order valence-electron chi connectivity index (χ3n) is 2.11. The van der Waals surface area contributed by atoms with E-state index in [1.165, 1.54) is 38.1 Å². The predicted octanol–water partition coefficient (Wildman–Crippen LogP) is -7.27. The molecule has 1 aromatic rings. The van der Waals surface area contributed by atoms with Gasteiger partial charge < -0.3 is 29.3 Å². The van der Waals surface area contributed by atoms with Crippen LogP contribution in [0.5, 0.6) is 11.5 Å². The Bertz CT molecular complexity index is 393. The molecule has 0 heterocycles. The van der Waals surface area contributed by atoms with E-state index in [0.29, 0.717) is 11.5 Å². The Kier molecular flexibility index (Phi) is 11.6. The molecule has 0 saturated heterocycles. The predicted molar refractivity (Wildman–Crippen MR) is 56.6 cm³/mol. The fourth-order valence-electron chi connectivity index (χ4n) is 1.10. The zero-order chi connectivity index (χ0) is 13.7. The van der Waals surface area contributed by atoms with E-state index in [0.717, 1.165) is 0 Å². The molecule has 1 aromatic carbocycles. The normalized spacial score (nSPS) is 12.1. The van der Waals surface area contributed by atoms with Crippen molar-refractivity contribution in [1.82, 2.24) is 0 Å². The van der Waals surface area contributed by atoms with Crippen molar-refractivity contribution >= 4 is 11.9 Å². The monoisotopic (exact) mass is 298 g/mol. The van der Waals surface area contributed by atoms with Crippen molar-refractivity contribution in [2.75, 3.05) is 0 Å². The van der Waals surface area contributed by atoms with Gasteiger partial charge in [-0.15, -0.1) is 0 Å². The van der Waals surface area contributed by atoms with E-state index in [2.05, 4.69) is 0 Å². The van der Waals surface area contributed by atoms with Crippen molar-refractivity contribution in [3.05, 3.63) is 24.3 Å². The Morgan fingerprint density at radius 2 is 1.10 bits per heavy atom. The van der Waals surface area contributed by atoms with Gasteiger partial charge in [0.05, 0.1) is 11.9 Å². The van der Waals surface area contributed by atoms with Crippen molar-refractivity contribution in [1.29, 1.82) is 0 Å². The van der Waals surface area contributed by atoms with Crippen LogP contribution in [0.15, 0.2) is 24.3 Å². The van der Waals surface area contributed by atoms with Crippen LogP contribution in [-0.2, 0) is 9.59 Å². The standard InChI is InChI=1S/C12H14O6.2Na/c1-7(11(13)14)17-9-3-5-10(6-4-9)18-8(2)12(15)16;;/h3-8H,1-2H3,(H,13,14)(H,15,16);;/q;2*+1/p-2. The SMILES string of the molecule is CC(Oc1ccc(OC(C)C(=O)[O-])cc1)C(=O)[O-].[Na+].[Na+]. The summed E-state index contributed by atoms with van der Waals surface area (Å²) in [4.78, 5) is 20.9. The largest absolute Gasteiger partial charge is 1.00 e. The number of hydrogen-bond donors (Lipinski definition) is 0. The van der Waals surface area contributed by atoms with Crippen LogP contribution in [0.4, 0.5) is 0 Å². The maximum absolute atomic E-state index is 10.5. The number of hydrogen-bond acceptors (Lipinski definition) is 6. The quantitative estimate of drug-likeness (QED) is 0.484. The van der Waals surface area contributed by atoms with E-state index >= 15 is 0 Å². The molecule has 2 atom stereocenters. The molecule has 0 spiro atoms. The Balaban J connectivity index is 0. The topological polar surface area (TPSA) is 98.7 Å². The van der Waals surface area contributed by atoms with E-state index in [4.69, 9.17) is 9.47 Å². The van der Waals surface area contributed by atoms with Gasteiger partial charge in [0.2, 0.25) is 0 Å².